The molecule has 0 aliphatic rings. The van der Waals surface area contributed by atoms with E-state index in [4.69, 9.17) is 0 Å². The van der Waals surface area contributed by atoms with E-state index in [-0.39, 0.29) is 47.5 Å². The molecule has 9 heteroatoms. The van der Waals surface area contributed by atoms with Crippen LogP contribution >= 0.6 is 0 Å². The molecule has 0 saturated carbocycles. The fourth-order valence-electron chi connectivity index (χ4n) is 9.86. The number of fused-ring (bicyclic) bond motifs is 2. The van der Waals surface area contributed by atoms with Gasteiger partial charge < -0.3 is 9.11 Å². The number of hydrogen-bond donors (Lipinski definition) is 0. The molecule has 0 N–H and O–H groups in total. The van der Waals surface area contributed by atoms with E-state index in [0.717, 1.165) is 62.1 Å². The minimum Gasteiger partial charge on any atom is -0.744 e. The van der Waals surface area contributed by atoms with Crippen molar-refractivity contribution in [3.8, 4) is 0 Å². The average molecular weight is 1020 g/mol. The van der Waals surface area contributed by atoms with Crippen LogP contribution in [0, 0.1) is 0 Å². The molecule has 0 spiro atoms. The van der Waals surface area contributed by atoms with Gasteiger partial charge in [0.1, 0.15) is 20.2 Å². The molecule has 384 valence electrons. The van der Waals surface area contributed by atoms with Crippen LogP contribution in [0.3, 0.4) is 0 Å². The maximum Gasteiger partial charge on any atom is 2.00 e. The summed E-state index contributed by atoms with van der Waals surface area (Å²) in [4.78, 5) is -0.165. The van der Waals surface area contributed by atoms with Gasteiger partial charge in [0.25, 0.3) is 0 Å². The van der Waals surface area contributed by atoms with Gasteiger partial charge in [0.05, 0.1) is 9.79 Å². The molecule has 0 unspecified atom stereocenters. The molecule has 69 heavy (non-hydrogen) atoms. The zero-order valence-electron chi connectivity index (χ0n) is 44.2. The van der Waals surface area contributed by atoms with Crippen molar-refractivity contribution in [1.82, 2.24) is 0 Å². The summed E-state index contributed by atoms with van der Waals surface area (Å²) in [7, 11) is -8.97. The van der Waals surface area contributed by atoms with Gasteiger partial charge in [0, 0.05) is 0 Å². The number of rotatable bonds is 38. The Morgan fingerprint density at radius 1 is 0.304 bits per heavy atom. The molecule has 0 fully saturated rings. The van der Waals surface area contributed by atoms with E-state index >= 15 is 0 Å². The van der Waals surface area contributed by atoms with Crippen LogP contribution in [0.4, 0.5) is 0 Å². The van der Waals surface area contributed by atoms with Crippen molar-refractivity contribution >= 4 is 79.5 Å². The van der Waals surface area contributed by atoms with Crippen molar-refractivity contribution in [3.63, 3.8) is 0 Å². The Morgan fingerprint density at radius 3 is 0.812 bits per heavy atom. The molecule has 0 amide bonds. The largest absolute Gasteiger partial charge is 2.00 e. The summed E-state index contributed by atoms with van der Waals surface area (Å²) in [5, 5.41) is 3.09. The second-order valence-electron chi connectivity index (χ2n) is 20.0. The topological polar surface area (TPSA) is 114 Å². The first-order chi connectivity index (χ1) is 32.9. The van der Waals surface area contributed by atoms with Gasteiger partial charge in [-0.1, -0.05) is 256 Å². The van der Waals surface area contributed by atoms with Crippen LogP contribution < -0.4 is 0 Å². The van der Waals surface area contributed by atoms with Gasteiger partial charge in [-0.05, 0) is 107 Å². The van der Waals surface area contributed by atoms with E-state index in [2.05, 4.69) is 39.8 Å². The van der Waals surface area contributed by atoms with E-state index in [0.29, 0.717) is 10.8 Å². The summed E-state index contributed by atoms with van der Waals surface area (Å²) < 4.78 is 71.0. The molecule has 4 rings (SSSR count). The van der Waals surface area contributed by atoms with Crippen LogP contribution in [0.5, 0.6) is 0 Å². The van der Waals surface area contributed by atoms with E-state index < -0.39 is 20.2 Å². The molecule has 0 aliphatic carbocycles. The maximum atomic E-state index is 11.8. The second kappa shape index (κ2) is 38.1. The van der Waals surface area contributed by atoms with Crippen molar-refractivity contribution < 1.29 is 25.9 Å². The Hall–Kier alpha value is -1.52. The van der Waals surface area contributed by atoms with E-state index in [1.807, 2.05) is 36.4 Å². The maximum absolute atomic E-state index is 11.8. The summed E-state index contributed by atoms with van der Waals surface area (Å²) >= 11 is 0. The first-order valence-corrected chi connectivity index (χ1v) is 30.8. The molecule has 0 atom stereocenters. The summed E-state index contributed by atoms with van der Waals surface area (Å²) in [6.45, 7) is 8.99. The summed E-state index contributed by atoms with van der Waals surface area (Å²) in [6.07, 6.45) is 44.9. The summed E-state index contributed by atoms with van der Waals surface area (Å²) in [5.74, 6) is 0. The minimum absolute atomic E-state index is 0. The van der Waals surface area contributed by atoms with E-state index in [1.54, 1.807) is 0 Å². The molecule has 6 nitrogen and oxygen atoms in total. The van der Waals surface area contributed by atoms with Gasteiger partial charge >= 0.3 is 37.7 Å². The van der Waals surface area contributed by atoms with Gasteiger partial charge in [-0.3, -0.25) is 0 Å². The van der Waals surface area contributed by atoms with Crippen LogP contribution in [0.15, 0.2) is 70.5 Å². The smallest absolute Gasteiger partial charge is 0.744 e. The van der Waals surface area contributed by atoms with Gasteiger partial charge in [0.2, 0.25) is 0 Å². The van der Waals surface area contributed by atoms with Crippen LogP contribution in [0.25, 0.3) is 21.5 Å². The van der Waals surface area contributed by atoms with Crippen molar-refractivity contribution in [3.05, 3.63) is 82.9 Å². The summed E-state index contributed by atoms with van der Waals surface area (Å²) in [6, 6.07) is 18.8. The van der Waals surface area contributed by atoms with E-state index in [1.165, 1.54) is 214 Å². The molecular formula is C60H94CaO6S2. The predicted molar refractivity (Wildman–Crippen MR) is 295 cm³/mol. The zero-order chi connectivity index (χ0) is 49.3. The average Bonchev–Trinajstić information content (AvgIpc) is 3.31. The number of benzene rings is 4. The molecular weight excluding hydrogens is 921 g/mol. The van der Waals surface area contributed by atoms with Crippen LogP contribution in [0.2, 0.25) is 0 Å². The number of aryl methyl sites for hydroxylation is 4. The molecule has 0 bridgehead atoms. The molecule has 0 radical (unpaired) electrons. The second-order valence-corrected chi connectivity index (χ2v) is 22.7. The Balaban J connectivity index is 0.000000467. The molecule has 4 aromatic carbocycles. The monoisotopic (exact) mass is 1010 g/mol. The Kier molecular flexibility index (Phi) is 35.1. The van der Waals surface area contributed by atoms with Crippen molar-refractivity contribution in [2.75, 3.05) is 0 Å². The first-order valence-electron chi connectivity index (χ1n) is 27.9. The quantitative estimate of drug-likeness (QED) is 0.0251. The van der Waals surface area contributed by atoms with Crippen molar-refractivity contribution in [1.29, 1.82) is 0 Å². The molecule has 0 saturated heterocycles. The van der Waals surface area contributed by atoms with Gasteiger partial charge in [-0.2, -0.15) is 0 Å². The Morgan fingerprint density at radius 2 is 0.551 bits per heavy atom. The van der Waals surface area contributed by atoms with Crippen LogP contribution in [-0.4, -0.2) is 63.7 Å². The molecule has 0 aliphatic heterocycles. The van der Waals surface area contributed by atoms with Crippen LogP contribution in [-0.2, 0) is 45.9 Å². The number of unbranched alkanes of at least 4 members (excludes halogenated alkanes) is 28. The predicted octanol–water partition coefficient (Wildman–Crippen LogP) is 17.8. The van der Waals surface area contributed by atoms with Gasteiger partial charge in [0.15, 0.2) is 0 Å². The standard InChI is InChI=1S/2C30H48O3S.Ca/c2*1-3-5-7-9-11-13-15-17-19-26-21-23-28-29(25-26)27(22-24-30(28)34(31,32)33)20-18-16-14-12-10-8-6-4-2;/h2*21-25H,3-20H2,1-2H3,(H,31,32,33);/q;;+2/p-2. The van der Waals surface area contributed by atoms with Gasteiger partial charge in [-0.25, -0.2) is 16.8 Å². The Bertz CT molecular complexity index is 2030. The van der Waals surface area contributed by atoms with Crippen molar-refractivity contribution in [2.45, 2.75) is 269 Å². The SMILES string of the molecule is CCCCCCCCCCc1ccc2c(S(=O)(=O)[O-])ccc(CCCCCCCCCC)c2c1.CCCCCCCCCCc1ccc2c(S(=O)(=O)[O-])ccc(CCCCCCCCCC)c2c1.[Ca+2]. The van der Waals surface area contributed by atoms with E-state index in [9.17, 15) is 25.9 Å². The normalized spacial score (nSPS) is 11.8. The molecule has 0 aromatic heterocycles. The van der Waals surface area contributed by atoms with Crippen LogP contribution in [0.1, 0.15) is 255 Å². The first kappa shape index (κ1) is 63.6. The fourth-order valence-corrected chi connectivity index (χ4v) is 11.2. The minimum atomic E-state index is -4.48. The van der Waals surface area contributed by atoms with Gasteiger partial charge in [-0.15, -0.1) is 0 Å². The number of hydrogen-bond acceptors (Lipinski definition) is 6. The zero-order valence-corrected chi connectivity index (χ0v) is 48.0. The molecule has 0 heterocycles. The summed E-state index contributed by atoms with van der Waals surface area (Å²) in [5.41, 5.74) is 4.84. The third kappa shape index (κ3) is 26.3. The third-order valence-electron chi connectivity index (χ3n) is 14.0. The molecule has 4 aromatic rings. The fraction of sp³-hybridized carbons (Fsp3) is 0.667. The third-order valence-corrected chi connectivity index (χ3v) is 15.8. The Labute approximate surface area is 453 Å². The van der Waals surface area contributed by atoms with Crippen molar-refractivity contribution in [2.24, 2.45) is 0 Å².